The maximum Gasteiger partial charge on any atom is 0.163 e. The Balaban J connectivity index is 2.57. The maximum atomic E-state index is 11.9. The number of benzene rings is 1. The highest BCUT2D eigenvalue weighted by Gasteiger charge is 2.21. The zero-order valence-corrected chi connectivity index (χ0v) is 12.3. The number of Topliss-reactive ketones (excluding diaryl/α,β-unsaturated/α-hetero) is 1. The summed E-state index contributed by atoms with van der Waals surface area (Å²) in [5.41, 5.74) is 2.75. The van der Waals surface area contributed by atoms with Crippen molar-refractivity contribution in [3.8, 4) is 11.1 Å². The van der Waals surface area contributed by atoms with E-state index in [9.17, 15) is 4.79 Å². The lowest BCUT2D eigenvalue weighted by molar-refractivity contribution is 0.101. The minimum atomic E-state index is 0.0653. The van der Waals surface area contributed by atoms with Crippen LogP contribution in [0, 0.1) is 6.92 Å². The Kier molecular flexibility index (Phi) is 4.48. The number of carbonyl (C=O) groups excluding carboxylic acids is 1. The summed E-state index contributed by atoms with van der Waals surface area (Å²) in [7, 11) is 0. The predicted octanol–water partition coefficient (Wildman–Crippen LogP) is 4.36. The quantitative estimate of drug-likeness (QED) is 0.759. The summed E-state index contributed by atoms with van der Waals surface area (Å²) in [4.78, 5) is 11.9. The zero-order chi connectivity index (χ0) is 13.8. The average Bonchev–Trinajstić information content (AvgIpc) is 2.74. The van der Waals surface area contributed by atoms with Crippen molar-refractivity contribution in [3.05, 3.63) is 47.4 Å². The molecule has 0 spiro atoms. The molecular formula is C16H18O2S. The molecule has 2 nitrogen and oxygen atoms in total. The van der Waals surface area contributed by atoms with Gasteiger partial charge in [-0.05, 0) is 25.7 Å². The van der Waals surface area contributed by atoms with Crippen LogP contribution in [-0.4, -0.2) is 17.8 Å². The maximum absolute atomic E-state index is 11.9. The van der Waals surface area contributed by atoms with Gasteiger partial charge < -0.3 is 4.42 Å². The van der Waals surface area contributed by atoms with E-state index in [2.05, 4.69) is 6.26 Å². The third-order valence-electron chi connectivity index (χ3n) is 3.10. The van der Waals surface area contributed by atoms with E-state index in [-0.39, 0.29) is 5.78 Å². The summed E-state index contributed by atoms with van der Waals surface area (Å²) in [6.45, 7) is 3.47. The van der Waals surface area contributed by atoms with Gasteiger partial charge in [0.15, 0.2) is 5.78 Å². The van der Waals surface area contributed by atoms with Crippen molar-refractivity contribution in [2.45, 2.75) is 20.3 Å². The summed E-state index contributed by atoms with van der Waals surface area (Å²) < 4.78 is 5.83. The predicted molar refractivity (Wildman–Crippen MR) is 81.0 cm³/mol. The molecule has 0 unspecified atom stereocenters. The average molecular weight is 274 g/mol. The number of hydrogen-bond acceptors (Lipinski definition) is 3. The standard InChI is InChI=1S/C16H18O2S/c1-11(17)15-12(2)18-14(9-10-19-3)16(15)13-7-5-4-6-8-13/h4-8H,9-10H2,1-3H3. The number of ketones is 1. The van der Waals surface area contributed by atoms with E-state index in [1.807, 2.05) is 37.3 Å². The van der Waals surface area contributed by atoms with E-state index in [1.165, 1.54) is 0 Å². The van der Waals surface area contributed by atoms with Gasteiger partial charge in [0.05, 0.1) is 5.56 Å². The van der Waals surface area contributed by atoms with E-state index in [0.29, 0.717) is 0 Å². The second kappa shape index (κ2) is 6.11. The molecule has 100 valence electrons. The Morgan fingerprint density at radius 1 is 1.26 bits per heavy atom. The molecule has 2 aromatic rings. The van der Waals surface area contributed by atoms with E-state index in [0.717, 1.165) is 40.4 Å². The van der Waals surface area contributed by atoms with Gasteiger partial charge in [0.2, 0.25) is 0 Å². The Labute approximate surface area is 118 Å². The smallest absolute Gasteiger partial charge is 0.163 e. The first kappa shape index (κ1) is 13.9. The summed E-state index contributed by atoms with van der Waals surface area (Å²) in [5.74, 6) is 2.70. The molecule has 19 heavy (non-hydrogen) atoms. The SMILES string of the molecule is CSCCc1oc(C)c(C(C)=O)c1-c1ccccc1. The van der Waals surface area contributed by atoms with Crippen LogP contribution in [0.2, 0.25) is 0 Å². The van der Waals surface area contributed by atoms with E-state index in [4.69, 9.17) is 4.42 Å². The first-order valence-corrected chi connectivity index (χ1v) is 7.72. The molecule has 1 heterocycles. The molecule has 0 aliphatic carbocycles. The fourth-order valence-corrected chi connectivity index (χ4v) is 2.70. The molecule has 0 saturated carbocycles. The molecular weight excluding hydrogens is 256 g/mol. The van der Waals surface area contributed by atoms with Crippen molar-refractivity contribution in [1.29, 1.82) is 0 Å². The largest absolute Gasteiger partial charge is 0.465 e. The minimum Gasteiger partial charge on any atom is -0.465 e. The molecule has 0 atom stereocenters. The van der Waals surface area contributed by atoms with Crippen molar-refractivity contribution in [2.24, 2.45) is 0 Å². The van der Waals surface area contributed by atoms with Crippen LogP contribution in [0.15, 0.2) is 34.7 Å². The molecule has 0 saturated heterocycles. The second-order valence-electron chi connectivity index (χ2n) is 4.50. The summed E-state index contributed by atoms with van der Waals surface area (Å²) in [5, 5.41) is 0. The van der Waals surface area contributed by atoms with Crippen molar-refractivity contribution < 1.29 is 9.21 Å². The molecule has 0 aliphatic rings. The molecule has 0 fully saturated rings. The van der Waals surface area contributed by atoms with Gasteiger partial charge >= 0.3 is 0 Å². The third kappa shape index (κ3) is 2.92. The number of rotatable bonds is 5. The molecule has 0 N–H and O–H groups in total. The van der Waals surface area contributed by atoms with Gasteiger partial charge in [-0.3, -0.25) is 4.79 Å². The normalized spacial score (nSPS) is 10.7. The number of aryl methyl sites for hydroxylation is 2. The molecule has 0 amide bonds. The number of hydrogen-bond donors (Lipinski definition) is 0. The third-order valence-corrected chi connectivity index (χ3v) is 3.72. The van der Waals surface area contributed by atoms with Crippen LogP contribution >= 0.6 is 11.8 Å². The van der Waals surface area contributed by atoms with Crippen LogP contribution in [0.4, 0.5) is 0 Å². The van der Waals surface area contributed by atoms with Crippen molar-refractivity contribution in [3.63, 3.8) is 0 Å². The minimum absolute atomic E-state index is 0.0653. The van der Waals surface area contributed by atoms with Gasteiger partial charge in [0, 0.05) is 17.7 Å². The van der Waals surface area contributed by atoms with Crippen LogP contribution in [0.1, 0.15) is 28.8 Å². The molecule has 1 aromatic heterocycles. The van der Waals surface area contributed by atoms with Gasteiger partial charge in [-0.25, -0.2) is 0 Å². The van der Waals surface area contributed by atoms with E-state index < -0.39 is 0 Å². The second-order valence-corrected chi connectivity index (χ2v) is 5.48. The lowest BCUT2D eigenvalue weighted by Crippen LogP contribution is -1.97. The van der Waals surface area contributed by atoms with E-state index >= 15 is 0 Å². The van der Waals surface area contributed by atoms with Crippen LogP contribution < -0.4 is 0 Å². The summed E-state index contributed by atoms with van der Waals surface area (Å²) >= 11 is 1.78. The molecule has 0 bridgehead atoms. The lowest BCUT2D eigenvalue weighted by Gasteiger charge is -2.04. The van der Waals surface area contributed by atoms with Gasteiger partial charge in [0.25, 0.3) is 0 Å². The van der Waals surface area contributed by atoms with Crippen molar-refractivity contribution in [2.75, 3.05) is 12.0 Å². The van der Waals surface area contributed by atoms with Crippen LogP contribution in [0.5, 0.6) is 0 Å². The highest BCUT2D eigenvalue weighted by atomic mass is 32.2. The zero-order valence-electron chi connectivity index (χ0n) is 11.5. The summed E-state index contributed by atoms with van der Waals surface area (Å²) in [6.07, 6.45) is 2.92. The van der Waals surface area contributed by atoms with Gasteiger partial charge in [0.1, 0.15) is 11.5 Å². The lowest BCUT2D eigenvalue weighted by atomic mass is 9.97. The summed E-state index contributed by atoms with van der Waals surface area (Å²) in [6, 6.07) is 10.0. The number of carbonyl (C=O) groups is 1. The molecule has 0 aliphatic heterocycles. The Hall–Kier alpha value is -1.48. The van der Waals surface area contributed by atoms with Crippen LogP contribution in [0.3, 0.4) is 0 Å². The molecule has 1 aromatic carbocycles. The van der Waals surface area contributed by atoms with Crippen LogP contribution in [0.25, 0.3) is 11.1 Å². The molecule has 2 rings (SSSR count). The highest BCUT2D eigenvalue weighted by Crippen LogP contribution is 2.33. The Morgan fingerprint density at radius 2 is 1.95 bits per heavy atom. The number of thioether (sulfide) groups is 1. The van der Waals surface area contributed by atoms with Crippen molar-refractivity contribution in [1.82, 2.24) is 0 Å². The van der Waals surface area contributed by atoms with Crippen molar-refractivity contribution >= 4 is 17.5 Å². The highest BCUT2D eigenvalue weighted by molar-refractivity contribution is 7.98. The van der Waals surface area contributed by atoms with Gasteiger partial charge in [-0.1, -0.05) is 30.3 Å². The van der Waals surface area contributed by atoms with Gasteiger partial charge in [-0.2, -0.15) is 11.8 Å². The fourth-order valence-electron chi connectivity index (χ4n) is 2.31. The Morgan fingerprint density at radius 3 is 2.53 bits per heavy atom. The molecule has 3 heteroatoms. The fraction of sp³-hybridized carbons (Fsp3) is 0.312. The van der Waals surface area contributed by atoms with Gasteiger partial charge in [-0.15, -0.1) is 0 Å². The monoisotopic (exact) mass is 274 g/mol. The topological polar surface area (TPSA) is 30.2 Å². The Bertz CT molecular complexity index is 570. The van der Waals surface area contributed by atoms with E-state index in [1.54, 1.807) is 18.7 Å². The first-order valence-electron chi connectivity index (χ1n) is 6.32. The molecule has 0 radical (unpaired) electrons. The van der Waals surface area contributed by atoms with Crippen LogP contribution in [-0.2, 0) is 6.42 Å². The first-order chi connectivity index (χ1) is 9.15. The number of furan rings is 1.